The zero-order valence-corrected chi connectivity index (χ0v) is 16.3. The van der Waals surface area contributed by atoms with E-state index in [1.54, 1.807) is 0 Å². The summed E-state index contributed by atoms with van der Waals surface area (Å²) in [6, 6.07) is 0. The molecule has 136 valence electrons. The summed E-state index contributed by atoms with van der Waals surface area (Å²) in [7, 11) is 3.98. The predicted octanol–water partition coefficient (Wildman–Crippen LogP) is 4.16. The average Bonchev–Trinajstić information content (AvgIpc) is 3.12. The van der Waals surface area contributed by atoms with Gasteiger partial charge in [0.1, 0.15) is 5.78 Å². The van der Waals surface area contributed by atoms with Crippen LogP contribution in [0.4, 0.5) is 0 Å². The Bertz CT molecular complexity index is 315. The van der Waals surface area contributed by atoms with Crippen molar-refractivity contribution in [1.29, 1.82) is 0 Å². The van der Waals surface area contributed by atoms with Gasteiger partial charge in [-0.15, -0.1) is 0 Å². The van der Waals surface area contributed by atoms with Crippen molar-refractivity contribution in [3.63, 3.8) is 0 Å². The molecule has 8 heteroatoms. The number of esters is 1. The highest BCUT2D eigenvalue weighted by molar-refractivity contribution is 8.77. The number of ether oxygens (including phenoxy) is 1. The topological polar surface area (TPSA) is 72.7 Å². The Morgan fingerprint density at radius 1 is 1.13 bits per heavy atom. The van der Waals surface area contributed by atoms with E-state index >= 15 is 0 Å². The Morgan fingerprint density at radius 2 is 1.74 bits per heavy atom. The van der Waals surface area contributed by atoms with E-state index in [2.05, 4.69) is 9.57 Å². The summed E-state index contributed by atoms with van der Waals surface area (Å²) in [5.74, 6) is 2.28. The van der Waals surface area contributed by atoms with Gasteiger partial charge in [-0.1, -0.05) is 48.8 Å². The van der Waals surface area contributed by atoms with Crippen LogP contribution in [-0.2, 0) is 19.2 Å². The quantitative estimate of drug-likeness (QED) is 0.262. The summed E-state index contributed by atoms with van der Waals surface area (Å²) < 4.78 is 4.63. The van der Waals surface area contributed by atoms with E-state index in [4.69, 9.17) is 0 Å². The average molecular weight is 369 g/mol. The summed E-state index contributed by atoms with van der Waals surface area (Å²) in [4.78, 5) is 37.2. The van der Waals surface area contributed by atoms with Gasteiger partial charge in [0.05, 0.1) is 11.3 Å². The Hall–Kier alpha value is -0.760. The SMILES string of the molecule is C1CSSC1.CC.CCCCC(=O)OCO[N+](=O)CCC(C)=O. The number of unbranched alkanes of at least 4 members (excludes halogenated alkanes) is 1. The molecule has 6 nitrogen and oxygen atoms in total. The summed E-state index contributed by atoms with van der Waals surface area (Å²) in [5.41, 5.74) is 0. The van der Waals surface area contributed by atoms with E-state index in [1.165, 1.54) is 24.9 Å². The molecule has 23 heavy (non-hydrogen) atoms. The monoisotopic (exact) mass is 368 g/mol. The lowest BCUT2D eigenvalue weighted by atomic mass is 10.3. The zero-order valence-electron chi connectivity index (χ0n) is 14.7. The second-order valence-corrected chi connectivity index (χ2v) is 7.07. The molecule has 0 aromatic carbocycles. The van der Waals surface area contributed by atoms with E-state index in [1.807, 2.05) is 42.4 Å². The molecule has 0 bridgehead atoms. The molecule has 1 saturated heterocycles. The third kappa shape index (κ3) is 21.2. The third-order valence-corrected chi connectivity index (χ3v) is 4.91. The molecule has 0 aromatic heterocycles. The fourth-order valence-corrected chi connectivity index (χ4v) is 3.51. The molecule has 0 amide bonds. The van der Waals surface area contributed by atoms with E-state index in [0.717, 1.165) is 12.8 Å². The van der Waals surface area contributed by atoms with Gasteiger partial charge in [-0.2, -0.15) is 4.84 Å². The molecule has 1 aliphatic rings. The Balaban J connectivity index is 0. The van der Waals surface area contributed by atoms with Gasteiger partial charge in [-0.05, 0) is 19.8 Å². The molecule has 1 aliphatic heterocycles. The molecule has 0 atom stereocenters. The molecule has 0 N–H and O–H groups in total. The van der Waals surface area contributed by atoms with Crippen LogP contribution in [0.25, 0.3) is 0 Å². The molecular weight excluding hydrogens is 338 g/mol. The summed E-state index contributed by atoms with van der Waals surface area (Å²) in [5, 5.41) is 0. The number of hydrogen-bond donors (Lipinski definition) is 0. The Kier molecular flexibility index (Phi) is 20.5. The molecule has 0 spiro atoms. The van der Waals surface area contributed by atoms with Crippen molar-refractivity contribution >= 4 is 33.3 Å². The van der Waals surface area contributed by atoms with E-state index in [-0.39, 0.29) is 29.6 Å². The summed E-state index contributed by atoms with van der Waals surface area (Å²) >= 11 is 0. The van der Waals surface area contributed by atoms with Crippen LogP contribution in [0.3, 0.4) is 0 Å². The molecule has 0 unspecified atom stereocenters. The molecule has 0 aromatic rings. The van der Waals surface area contributed by atoms with E-state index in [9.17, 15) is 14.5 Å². The maximum Gasteiger partial charge on any atom is 0.308 e. The number of nitrogens with zero attached hydrogens (tertiary/aromatic N) is 1. The standard InChI is InChI=1S/C10H18NO5.C3H6S2.C2H6/c1-3-4-5-10(13)15-8-16-11(14)7-6-9(2)12;1-2-4-5-3-1;1-2/h3-8H2,1-2H3;1-3H2;1-2H3/q+1;;. The van der Waals surface area contributed by atoms with Crippen LogP contribution in [0.5, 0.6) is 0 Å². The lowest BCUT2D eigenvalue weighted by molar-refractivity contribution is -0.809. The maximum atomic E-state index is 11.0. The highest BCUT2D eigenvalue weighted by atomic mass is 33.1. The smallest absolute Gasteiger partial charge is 0.308 e. The van der Waals surface area contributed by atoms with Gasteiger partial charge < -0.3 is 4.74 Å². The highest BCUT2D eigenvalue weighted by Gasteiger charge is 2.12. The van der Waals surface area contributed by atoms with Crippen molar-refractivity contribution in [3.8, 4) is 0 Å². The number of ketones is 1. The molecule has 1 rings (SSSR count). The van der Waals surface area contributed by atoms with Crippen LogP contribution in [0.15, 0.2) is 0 Å². The molecule has 0 saturated carbocycles. The fraction of sp³-hybridized carbons (Fsp3) is 0.867. The van der Waals surface area contributed by atoms with Crippen molar-refractivity contribution < 1.29 is 24.1 Å². The molecular formula is C15H30NO5S2+. The number of carbonyl (C=O) groups excluding carboxylic acids is 2. The Morgan fingerprint density at radius 3 is 2.17 bits per heavy atom. The molecule has 0 aliphatic carbocycles. The number of hydrogen-bond acceptors (Lipinski definition) is 7. The minimum absolute atomic E-state index is 0.0537. The van der Waals surface area contributed by atoms with E-state index in [0.29, 0.717) is 6.42 Å². The molecule has 1 heterocycles. The van der Waals surface area contributed by atoms with Gasteiger partial charge in [0.2, 0.25) is 4.92 Å². The van der Waals surface area contributed by atoms with Crippen molar-refractivity contribution in [2.75, 3.05) is 24.8 Å². The second kappa shape index (κ2) is 19.3. The first-order chi connectivity index (χ1) is 11.1. The minimum atomic E-state index is -0.399. The Labute approximate surface area is 147 Å². The third-order valence-electron chi connectivity index (χ3n) is 2.34. The maximum absolute atomic E-state index is 11.0. The summed E-state index contributed by atoms with van der Waals surface area (Å²) in [6.07, 6.45) is 3.53. The molecule has 0 radical (unpaired) electrons. The van der Waals surface area contributed by atoms with Crippen LogP contribution in [0.2, 0.25) is 0 Å². The van der Waals surface area contributed by atoms with Gasteiger partial charge in [0.25, 0.3) is 6.54 Å². The van der Waals surface area contributed by atoms with Crippen molar-refractivity contribution in [2.45, 2.75) is 59.8 Å². The zero-order chi connectivity index (χ0) is 17.9. The van der Waals surface area contributed by atoms with Gasteiger partial charge >= 0.3 is 12.8 Å². The van der Waals surface area contributed by atoms with Crippen LogP contribution in [0.1, 0.15) is 59.8 Å². The van der Waals surface area contributed by atoms with E-state index < -0.39 is 6.79 Å². The van der Waals surface area contributed by atoms with Crippen molar-refractivity contribution in [2.24, 2.45) is 0 Å². The van der Waals surface area contributed by atoms with Crippen LogP contribution in [-0.4, -0.2) is 41.5 Å². The lowest BCUT2D eigenvalue weighted by Crippen LogP contribution is -2.17. The lowest BCUT2D eigenvalue weighted by Gasteiger charge is -1.99. The van der Waals surface area contributed by atoms with Gasteiger partial charge in [-0.25, -0.2) is 0 Å². The van der Waals surface area contributed by atoms with Crippen molar-refractivity contribution in [1.82, 2.24) is 0 Å². The largest absolute Gasteiger partial charge is 0.421 e. The van der Waals surface area contributed by atoms with Gasteiger partial charge in [0.15, 0.2) is 0 Å². The van der Waals surface area contributed by atoms with Crippen LogP contribution >= 0.6 is 21.6 Å². The minimum Gasteiger partial charge on any atom is -0.421 e. The van der Waals surface area contributed by atoms with Crippen LogP contribution in [0, 0.1) is 4.91 Å². The highest BCUT2D eigenvalue weighted by Crippen LogP contribution is 2.29. The first-order valence-corrected chi connectivity index (χ1v) is 10.5. The first kappa shape index (κ1) is 24.5. The predicted molar refractivity (Wildman–Crippen MR) is 96.2 cm³/mol. The number of Topliss-reactive ketones (excluding diaryl/α,β-unsaturated/α-hetero) is 1. The molecule has 1 fully saturated rings. The normalized spacial score (nSPS) is 12.2. The number of rotatable bonds is 9. The number of carbonyl (C=O) groups is 2. The van der Waals surface area contributed by atoms with Crippen molar-refractivity contribution in [3.05, 3.63) is 4.91 Å². The van der Waals surface area contributed by atoms with Gasteiger partial charge in [0, 0.05) is 17.9 Å². The van der Waals surface area contributed by atoms with Gasteiger partial charge in [-0.3, -0.25) is 9.59 Å². The van der Waals surface area contributed by atoms with Crippen LogP contribution < -0.4 is 0 Å². The fourth-order valence-electron chi connectivity index (χ4n) is 1.15. The first-order valence-electron chi connectivity index (χ1n) is 8.03. The second-order valence-electron chi connectivity index (χ2n) is 4.37. The summed E-state index contributed by atoms with van der Waals surface area (Å²) in [6.45, 7) is 6.90.